The lowest BCUT2D eigenvalue weighted by atomic mass is 10.1. The summed E-state index contributed by atoms with van der Waals surface area (Å²) in [7, 11) is 3.74. The van der Waals surface area contributed by atoms with Crippen LogP contribution in [0.4, 0.5) is 5.82 Å². The zero-order chi connectivity index (χ0) is 11.4. The Kier molecular flexibility index (Phi) is 3.77. The predicted octanol–water partition coefficient (Wildman–Crippen LogP) is 1.55. The van der Waals surface area contributed by atoms with Gasteiger partial charge in [-0.3, -0.25) is 4.79 Å². The Bertz CT molecular complexity index is 348. The van der Waals surface area contributed by atoms with E-state index in [9.17, 15) is 4.79 Å². The molecule has 4 nitrogen and oxygen atoms in total. The van der Waals surface area contributed by atoms with Gasteiger partial charge >= 0.3 is 0 Å². The minimum Gasteiger partial charge on any atom is -0.362 e. The highest BCUT2D eigenvalue weighted by molar-refractivity contribution is 5.82. The molecule has 0 amide bonds. The molecular formula is C11H17N3O. The second kappa shape index (κ2) is 4.87. The van der Waals surface area contributed by atoms with Crippen LogP contribution in [0.5, 0.6) is 0 Å². The molecule has 0 N–H and O–H groups in total. The molecule has 0 saturated carbocycles. The molecule has 82 valence electrons. The van der Waals surface area contributed by atoms with Crippen LogP contribution in [0.1, 0.15) is 30.0 Å². The molecule has 0 aromatic carbocycles. The van der Waals surface area contributed by atoms with E-state index >= 15 is 0 Å². The van der Waals surface area contributed by atoms with Crippen molar-refractivity contribution < 1.29 is 4.79 Å². The molecule has 4 heteroatoms. The third-order valence-electron chi connectivity index (χ3n) is 1.99. The molecule has 0 saturated heterocycles. The Morgan fingerprint density at radius 1 is 1.47 bits per heavy atom. The maximum Gasteiger partial charge on any atom is 0.155 e. The van der Waals surface area contributed by atoms with E-state index in [1.807, 2.05) is 19.0 Å². The van der Waals surface area contributed by atoms with Crippen molar-refractivity contribution in [2.45, 2.75) is 20.3 Å². The van der Waals surface area contributed by atoms with Crippen molar-refractivity contribution in [1.82, 2.24) is 9.97 Å². The molecule has 1 rings (SSSR count). The average Bonchev–Trinajstić information content (AvgIpc) is 2.16. The normalized spacial score (nSPS) is 10.5. The first-order chi connectivity index (χ1) is 7.04. The van der Waals surface area contributed by atoms with Crippen molar-refractivity contribution in [3.05, 3.63) is 17.6 Å². The second-order valence-corrected chi connectivity index (χ2v) is 4.18. The van der Waals surface area contributed by atoms with Crippen molar-refractivity contribution in [1.29, 1.82) is 0 Å². The van der Waals surface area contributed by atoms with Crippen LogP contribution in [-0.2, 0) is 6.42 Å². The first-order valence-electron chi connectivity index (χ1n) is 5.03. The first-order valence-corrected chi connectivity index (χ1v) is 5.03. The van der Waals surface area contributed by atoms with Crippen molar-refractivity contribution in [3.8, 4) is 0 Å². The summed E-state index contributed by atoms with van der Waals surface area (Å²) in [6.45, 7) is 4.23. The fourth-order valence-corrected chi connectivity index (χ4v) is 1.32. The molecule has 1 aromatic rings. The smallest absolute Gasteiger partial charge is 0.155 e. The molecule has 0 fully saturated rings. The van der Waals surface area contributed by atoms with Crippen LogP contribution < -0.4 is 4.90 Å². The molecule has 1 heterocycles. The summed E-state index contributed by atoms with van der Waals surface area (Å²) in [5.41, 5.74) is 0.535. The molecular weight excluding hydrogens is 190 g/mol. The Hall–Kier alpha value is -1.45. The van der Waals surface area contributed by atoms with Gasteiger partial charge in [-0.1, -0.05) is 13.8 Å². The minimum absolute atomic E-state index is 0.516. The molecule has 0 aliphatic carbocycles. The number of aldehydes is 1. The standard InChI is InChI=1S/C11H17N3O/c1-8(2)5-10-12-6-9(7-15)11(13-10)14(3)4/h6-8H,5H2,1-4H3. The van der Waals surface area contributed by atoms with Gasteiger partial charge in [0, 0.05) is 26.7 Å². The number of carbonyl (C=O) groups excluding carboxylic acids is 1. The highest BCUT2D eigenvalue weighted by atomic mass is 16.1. The average molecular weight is 207 g/mol. The lowest BCUT2D eigenvalue weighted by molar-refractivity contribution is 0.112. The molecule has 0 spiro atoms. The van der Waals surface area contributed by atoms with E-state index in [2.05, 4.69) is 23.8 Å². The lowest BCUT2D eigenvalue weighted by Gasteiger charge is -2.14. The zero-order valence-corrected chi connectivity index (χ0v) is 9.69. The zero-order valence-electron chi connectivity index (χ0n) is 9.69. The Morgan fingerprint density at radius 2 is 2.13 bits per heavy atom. The van der Waals surface area contributed by atoms with Crippen LogP contribution in [0.3, 0.4) is 0 Å². The van der Waals surface area contributed by atoms with E-state index in [0.29, 0.717) is 17.3 Å². The molecule has 0 unspecified atom stereocenters. The maximum atomic E-state index is 10.8. The number of aromatic nitrogens is 2. The molecule has 0 radical (unpaired) electrons. The van der Waals surface area contributed by atoms with Crippen LogP contribution in [0.2, 0.25) is 0 Å². The van der Waals surface area contributed by atoms with Gasteiger partial charge in [0.05, 0.1) is 5.56 Å². The number of hydrogen-bond acceptors (Lipinski definition) is 4. The van der Waals surface area contributed by atoms with Gasteiger partial charge < -0.3 is 4.90 Å². The van der Waals surface area contributed by atoms with E-state index < -0.39 is 0 Å². The van der Waals surface area contributed by atoms with Gasteiger partial charge in [-0.25, -0.2) is 9.97 Å². The summed E-state index contributed by atoms with van der Waals surface area (Å²) in [5, 5.41) is 0. The van der Waals surface area contributed by atoms with Gasteiger partial charge in [0.25, 0.3) is 0 Å². The third kappa shape index (κ3) is 3.01. The summed E-state index contributed by atoms with van der Waals surface area (Å²) in [6.07, 6.45) is 3.21. The van der Waals surface area contributed by atoms with Gasteiger partial charge in [-0.05, 0) is 5.92 Å². The number of hydrogen-bond donors (Lipinski definition) is 0. The number of anilines is 1. The van der Waals surface area contributed by atoms with Gasteiger partial charge in [0.15, 0.2) is 6.29 Å². The summed E-state index contributed by atoms with van der Waals surface area (Å²) < 4.78 is 0. The minimum atomic E-state index is 0.516. The van der Waals surface area contributed by atoms with Crippen molar-refractivity contribution in [2.75, 3.05) is 19.0 Å². The van der Waals surface area contributed by atoms with E-state index in [0.717, 1.165) is 18.5 Å². The molecule has 1 aromatic heterocycles. The Labute approximate surface area is 90.3 Å². The largest absolute Gasteiger partial charge is 0.362 e. The van der Waals surface area contributed by atoms with Gasteiger partial charge in [0.1, 0.15) is 11.6 Å². The number of rotatable bonds is 4. The monoisotopic (exact) mass is 207 g/mol. The van der Waals surface area contributed by atoms with Crippen LogP contribution in [0.25, 0.3) is 0 Å². The van der Waals surface area contributed by atoms with Gasteiger partial charge in [0.2, 0.25) is 0 Å². The van der Waals surface area contributed by atoms with Gasteiger partial charge in [-0.2, -0.15) is 0 Å². The van der Waals surface area contributed by atoms with E-state index in [-0.39, 0.29) is 0 Å². The van der Waals surface area contributed by atoms with Gasteiger partial charge in [-0.15, -0.1) is 0 Å². The highest BCUT2D eigenvalue weighted by Gasteiger charge is 2.09. The van der Waals surface area contributed by atoms with Crippen molar-refractivity contribution in [3.63, 3.8) is 0 Å². The highest BCUT2D eigenvalue weighted by Crippen LogP contribution is 2.13. The molecule has 0 bridgehead atoms. The van der Waals surface area contributed by atoms with Crippen LogP contribution in [0.15, 0.2) is 6.20 Å². The number of carbonyl (C=O) groups is 1. The molecule has 15 heavy (non-hydrogen) atoms. The lowest BCUT2D eigenvalue weighted by Crippen LogP contribution is -2.15. The summed E-state index contributed by atoms with van der Waals surface area (Å²) in [4.78, 5) is 21.1. The third-order valence-corrected chi connectivity index (χ3v) is 1.99. The summed E-state index contributed by atoms with van der Waals surface area (Å²) in [6, 6.07) is 0. The maximum absolute atomic E-state index is 10.8. The quantitative estimate of drug-likeness (QED) is 0.703. The van der Waals surface area contributed by atoms with E-state index in [4.69, 9.17) is 0 Å². The predicted molar refractivity (Wildman–Crippen MR) is 60.3 cm³/mol. The van der Waals surface area contributed by atoms with Crippen molar-refractivity contribution in [2.24, 2.45) is 5.92 Å². The Morgan fingerprint density at radius 3 is 2.60 bits per heavy atom. The SMILES string of the molecule is CC(C)Cc1ncc(C=O)c(N(C)C)n1. The number of nitrogens with zero attached hydrogens (tertiary/aromatic N) is 3. The van der Waals surface area contributed by atoms with Crippen LogP contribution >= 0.6 is 0 Å². The van der Waals surface area contributed by atoms with Crippen molar-refractivity contribution >= 4 is 12.1 Å². The van der Waals surface area contributed by atoms with Crippen LogP contribution in [-0.4, -0.2) is 30.3 Å². The fourth-order valence-electron chi connectivity index (χ4n) is 1.32. The Balaban J connectivity index is 3.04. The van der Waals surface area contributed by atoms with E-state index in [1.165, 1.54) is 0 Å². The first kappa shape index (κ1) is 11.6. The molecule has 0 aliphatic rings. The van der Waals surface area contributed by atoms with Crippen LogP contribution in [0, 0.1) is 5.92 Å². The summed E-state index contributed by atoms with van der Waals surface area (Å²) >= 11 is 0. The van der Waals surface area contributed by atoms with E-state index in [1.54, 1.807) is 6.20 Å². The summed E-state index contributed by atoms with van der Waals surface area (Å²) in [5.74, 6) is 2.00. The molecule has 0 atom stereocenters. The fraction of sp³-hybridized carbons (Fsp3) is 0.545. The topological polar surface area (TPSA) is 46.1 Å². The second-order valence-electron chi connectivity index (χ2n) is 4.18. The molecule has 0 aliphatic heterocycles.